The van der Waals surface area contributed by atoms with Gasteiger partial charge in [-0.1, -0.05) is 30.3 Å². The summed E-state index contributed by atoms with van der Waals surface area (Å²) >= 11 is 0. The predicted octanol–water partition coefficient (Wildman–Crippen LogP) is 2.83. The maximum atomic E-state index is 13.0. The molecule has 0 saturated carbocycles. The Morgan fingerprint density at radius 3 is 2.53 bits per heavy atom. The summed E-state index contributed by atoms with van der Waals surface area (Å²) in [5.41, 5.74) is 1.12. The summed E-state index contributed by atoms with van der Waals surface area (Å²) in [5.74, 6) is 2.07. The van der Waals surface area contributed by atoms with Gasteiger partial charge in [-0.05, 0) is 37.5 Å². The third-order valence-corrected chi connectivity index (χ3v) is 6.13. The minimum Gasteiger partial charge on any atom is -0.465 e. The number of benzene rings is 1. The van der Waals surface area contributed by atoms with Gasteiger partial charge in [-0.15, -0.1) is 0 Å². The summed E-state index contributed by atoms with van der Waals surface area (Å²) in [5, 5.41) is 0. The van der Waals surface area contributed by atoms with Gasteiger partial charge >= 0.3 is 0 Å². The van der Waals surface area contributed by atoms with Crippen molar-refractivity contribution in [3.63, 3.8) is 0 Å². The number of furan rings is 1. The first kappa shape index (κ1) is 22.6. The number of hydrogen-bond donors (Lipinski definition) is 0. The first-order valence-corrected chi connectivity index (χ1v) is 11.6. The molecular formula is C25H33N3O4. The minimum atomic E-state index is -0.0915. The third-order valence-electron chi connectivity index (χ3n) is 6.13. The van der Waals surface area contributed by atoms with Crippen LogP contribution >= 0.6 is 0 Å². The molecule has 7 nitrogen and oxygen atoms in total. The molecule has 0 aliphatic carbocycles. The topological polar surface area (TPSA) is 66.2 Å². The first-order valence-electron chi connectivity index (χ1n) is 11.6. The van der Waals surface area contributed by atoms with E-state index in [2.05, 4.69) is 17.0 Å². The standard InChI is InChI=1S/C25H33N3O4/c1-20-10-11-22(32-20)15-26-16-23(31-19-21-7-3-2-4-8-21)17-28(25(30)18-26)14-6-13-27-12-5-9-24(27)29/h2-4,7-8,10-11,23H,5-6,9,12-19H2,1H3/t23-/m1/s1. The summed E-state index contributed by atoms with van der Waals surface area (Å²) < 4.78 is 12.0. The molecule has 1 atom stereocenters. The van der Waals surface area contributed by atoms with E-state index in [1.165, 1.54) is 0 Å². The number of aryl methyl sites for hydroxylation is 1. The second-order valence-corrected chi connectivity index (χ2v) is 8.78. The molecule has 172 valence electrons. The van der Waals surface area contributed by atoms with Crippen LogP contribution in [0.3, 0.4) is 0 Å². The third kappa shape index (κ3) is 6.20. The zero-order chi connectivity index (χ0) is 22.3. The quantitative estimate of drug-likeness (QED) is 0.601. The second-order valence-electron chi connectivity index (χ2n) is 8.78. The van der Waals surface area contributed by atoms with Gasteiger partial charge in [-0.3, -0.25) is 14.5 Å². The highest BCUT2D eigenvalue weighted by Gasteiger charge is 2.29. The van der Waals surface area contributed by atoms with Gasteiger partial charge in [0.15, 0.2) is 0 Å². The highest BCUT2D eigenvalue weighted by Crippen LogP contribution is 2.16. The fourth-order valence-corrected chi connectivity index (χ4v) is 4.46. The van der Waals surface area contributed by atoms with Gasteiger partial charge in [0, 0.05) is 39.1 Å². The monoisotopic (exact) mass is 439 g/mol. The number of amides is 2. The molecule has 0 radical (unpaired) electrons. The molecule has 0 unspecified atom stereocenters. The summed E-state index contributed by atoms with van der Waals surface area (Å²) in [4.78, 5) is 30.9. The summed E-state index contributed by atoms with van der Waals surface area (Å²) in [6.07, 6.45) is 2.29. The van der Waals surface area contributed by atoms with Gasteiger partial charge in [0.1, 0.15) is 11.5 Å². The van der Waals surface area contributed by atoms with E-state index in [0.717, 1.165) is 36.5 Å². The molecule has 3 heterocycles. The lowest BCUT2D eigenvalue weighted by Gasteiger charge is -2.25. The lowest BCUT2D eigenvalue weighted by atomic mass is 10.2. The normalized spacial score (nSPS) is 20.2. The molecule has 0 bridgehead atoms. The summed E-state index contributed by atoms with van der Waals surface area (Å²) in [6, 6.07) is 14.0. The van der Waals surface area contributed by atoms with Gasteiger partial charge in [0.25, 0.3) is 0 Å². The van der Waals surface area contributed by atoms with Crippen LogP contribution in [0.25, 0.3) is 0 Å². The molecule has 2 aliphatic rings. The Kier molecular flexibility index (Phi) is 7.60. The van der Waals surface area contributed by atoms with Crippen molar-refractivity contribution in [2.45, 2.75) is 45.4 Å². The van der Waals surface area contributed by atoms with Gasteiger partial charge < -0.3 is 19.0 Å². The lowest BCUT2D eigenvalue weighted by Crippen LogP contribution is -2.39. The van der Waals surface area contributed by atoms with E-state index in [4.69, 9.17) is 9.15 Å². The molecule has 2 aliphatic heterocycles. The van der Waals surface area contributed by atoms with Crippen molar-refractivity contribution in [1.82, 2.24) is 14.7 Å². The van der Waals surface area contributed by atoms with Crippen LogP contribution in [0.5, 0.6) is 0 Å². The average molecular weight is 440 g/mol. The molecule has 1 aromatic carbocycles. The van der Waals surface area contributed by atoms with E-state index in [0.29, 0.717) is 52.3 Å². The van der Waals surface area contributed by atoms with Crippen LogP contribution in [-0.4, -0.2) is 71.9 Å². The van der Waals surface area contributed by atoms with Gasteiger partial charge in [0.05, 0.1) is 25.8 Å². The highest BCUT2D eigenvalue weighted by molar-refractivity contribution is 5.79. The average Bonchev–Trinajstić information content (AvgIpc) is 3.35. The Balaban J connectivity index is 1.38. The van der Waals surface area contributed by atoms with Crippen molar-refractivity contribution in [2.24, 2.45) is 0 Å². The minimum absolute atomic E-state index is 0.0915. The zero-order valence-electron chi connectivity index (χ0n) is 18.9. The predicted molar refractivity (Wildman–Crippen MR) is 121 cm³/mol. The van der Waals surface area contributed by atoms with E-state index in [-0.39, 0.29) is 17.9 Å². The smallest absolute Gasteiger partial charge is 0.236 e. The van der Waals surface area contributed by atoms with Crippen molar-refractivity contribution in [1.29, 1.82) is 0 Å². The number of carbonyl (C=O) groups is 2. The molecule has 0 N–H and O–H groups in total. The fourth-order valence-electron chi connectivity index (χ4n) is 4.46. The molecule has 32 heavy (non-hydrogen) atoms. The largest absolute Gasteiger partial charge is 0.465 e. The van der Waals surface area contributed by atoms with E-state index in [1.807, 2.05) is 47.1 Å². The molecule has 0 spiro atoms. The Morgan fingerprint density at radius 2 is 1.81 bits per heavy atom. The molecule has 2 amide bonds. The molecular weight excluding hydrogens is 406 g/mol. The number of likely N-dealkylation sites (tertiary alicyclic amines) is 1. The molecule has 4 rings (SSSR count). The first-order chi connectivity index (χ1) is 15.6. The van der Waals surface area contributed by atoms with Crippen LogP contribution in [-0.2, 0) is 27.5 Å². The van der Waals surface area contributed by atoms with Gasteiger partial charge in [-0.2, -0.15) is 0 Å². The van der Waals surface area contributed by atoms with Crippen LogP contribution in [0, 0.1) is 6.92 Å². The van der Waals surface area contributed by atoms with Gasteiger partial charge in [-0.25, -0.2) is 0 Å². The molecule has 7 heteroatoms. The van der Waals surface area contributed by atoms with Crippen molar-refractivity contribution in [2.75, 3.05) is 39.3 Å². The van der Waals surface area contributed by atoms with Crippen molar-refractivity contribution in [3.8, 4) is 0 Å². The van der Waals surface area contributed by atoms with Crippen LogP contribution in [0.4, 0.5) is 0 Å². The maximum absolute atomic E-state index is 13.0. The van der Waals surface area contributed by atoms with Crippen molar-refractivity contribution >= 4 is 11.8 Å². The van der Waals surface area contributed by atoms with Crippen LogP contribution in [0.1, 0.15) is 36.3 Å². The molecule has 2 saturated heterocycles. The summed E-state index contributed by atoms with van der Waals surface area (Å²) in [6.45, 7) is 6.79. The number of rotatable bonds is 9. The SMILES string of the molecule is Cc1ccc(CN2CC(=O)N(CCCN3CCCC3=O)C[C@H](OCc3ccccc3)C2)o1. The lowest BCUT2D eigenvalue weighted by molar-refractivity contribution is -0.132. The number of nitrogens with zero attached hydrogens (tertiary/aromatic N) is 3. The number of ether oxygens (including phenoxy) is 1. The van der Waals surface area contributed by atoms with Crippen LogP contribution in [0.15, 0.2) is 46.9 Å². The fraction of sp³-hybridized carbons (Fsp3) is 0.520. The molecule has 2 aromatic rings. The Hall–Kier alpha value is -2.64. The van der Waals surface area contributed by atoms with Crippen molar-refractivity contribution < 1.29 is 18.7 Å². The zero-order valence-corrected chi connectivity index (χ0v) is 18.9. The molecule has 2 fully saturated rings. The summed E-state index contributed by atoms with van der Waals surface area (Å²) in [7, 11) is 0. The van der Waals surface area contributed by atoms with Crippen LogP contribution < -0.4 is 0 Å². The van der Waals surface area contributed by atoms with E-state index >= 15 is 0 Å². The molecule has 1 aromatic heterocycles. The van der Waals surface area contributed by atoms with E-state index < -0.39 is 0 Å². The van der Waals surface area contributed by atoms with E-state index in [9.17, 15) is 9.59 Å². The Labute approximate surface area is 189 Å². The Morgan fingerprint density at radius 1 is 1.00 bits per heavy atom. The number of carbonyl (C=O) groups excluding carboxylic acids is 2. The number of hydrogen-bond acceptors (Lipinski definition) is 5. The van der Waals surface area contributed by atoms with E-state index in [1.54, 1.807) is 0 Å². The van der Waals surface area contributed by atoms with Crippen molar-refractivity contribution in [3.05, 3.63) is 59.5 Å². The van der Waals surface area contributed by atoms with Crippen LogP contribution in [0.2, 0.25) is 0 Å². The highest BCUT2D eigenvalue weighted by atomic mass is 16.5. The Bertz CT molecular complexity index is 898. The van der Waals surface area contributed by atoms with Gasteiger partial charge in [0.2, 0.25) is 11.8 Å². The maximum Gasteiger partial charge on any atom is 0.236 e. The second kappa shape index (κ2) is 10.8.